The lowest BCUT2D eigenvalue weighted by Gasteiger charge is -2.14. The van der Waals surface area contributed by atoms with E-state index in [0.717, 1.165) is 0 Å². The number of hydrogen-bond acceptors (Lipinski definition) is 4. The number of hydrogen-bond donors (Lipinski definition) is 2. The summed E-state index contributed by atoms with van der Waals surface area (Å²) in [7, 11) is -3.82. The number of rotatable bonds is 6. The van der Waals surface area contributed by atoms with Crippen LogP contribution >= 0.6 is 11.6 Å². The summed E-state index contributed by atoms with van der Waals surface area (Å²) in [5.74, 6) is -0.269. The van der Waals surface area contributed by atoms with E-state index in [4.69, 9.17) is 11.6 Å². The molecule has 0 bridgehead atoms. The van der Waals surface area contributed by atoms with Crippen molar-refractivity contribution in [2.45, 2.75) is 24.8 Å². The number of anilines is 2. The molecular formula is C19H19ClN4O3S. The van der Waals surface area contributed by atoms with Crippen molar-refractivity contribution in [3.8, 4) is 0 Å². The number of aromatic nitrogens is 2. The van der Waals surface area contributed by atoms with Crippen LogP contribution in [0.15, 0.2) is 65.8 Å². The van der Waals surface area contributed by atoms with E-state index in [0.29, 0.717) is 22.0 Å². The molecule has 1 atom stereocenters. The zero-order valence-corrected chi connectivity index (χ0v) is 16.8. The second kappa shape index (κ2) is 8.04. The molecule has 3 aromatic rings. The standard InChI is InChI=1S/C19H19ClN4O3S/c1-13-17(20)8-4-9-18(13)28(26,27)23-16-7-3-6-15(12-16)22-19(25)14(2)24-11-5-10-21-24/h3-12,14,23H,1-2H3,(H,22,25). The molecule has 1 heterocycles. The molecule has 0 fully saturated rings. The van der Waals surface area contributed by atoms with Gasteiger partial charge in [-0.25, -0.2) is 8.42 Å². The second-order valence-corrected chi connectivity index (χ2v) is 8.26. The minimum atomic E-state index is -3.82. The van der Waals surface area contributed by atoms with Crippen LogP contribution in [0.4, 0.5) is 11.4 Å². The molecule has 9 heteroatoms. The summed E-state index contributed by atoms with van der Waals surface area (Å²) < 4.78 is 29.5. The predicted octanol–water partition coefficient (Wildman–Crippen LogP) is 3.85. The quantitative estimate of drug-likeness (QED) is 0.635. The largest absolute Gasteiger partial charge is 0.324 e. The van der Waals surface area contributed by atoms with Crippen LogP contribution in [0.25, 0.3) is 0 Å². The monoisotopic (exact) mass is 418 g/mol. The number of amides is 1. The Hall–Kier alpha value is -2.84. The number of halogens is 1. The van der Waals surface area contributed by atoms with Crippen LogP contribution < -0.4 is 10.0 Å². The highest BCUT2D eigenvalue weighted by atomic mass is 35.5. The van der Waals surface area contributed by atoms with E-state index < -0.39 is 16.1 Å². The summed E-state index contributed by atoms with van der Waals surface area (Å²) in [6.07, 6.45) is 3.29. The van der Waals surface area contributed by atoms with E-state index in [1.54, 1.807) is 68.7 Å². The highest BCUT2D eigenvalue weighted by molar-refractivity contribution is 7.92. The molecule has 0 spiro atoms. The van der Waals surface area contributed by atoms with Gasteiger partial charge in [0.15, 0.2) is 0 Å². The Kier molecular flexibility index (Phi) is 5.71. The number of nitrogens with zero attached hydrogens (tertiary/aromatic N) is 2. The van der Waals surface area contributed by atoms with E-state index in [1.807, 2.05) is 0 Å². The van der Waals surface area contributed by atoms with Crippen molar-refractivity contribution in [1.29, 1.82) is 0 Å². The molecule has 2 aromatic carbocycles. The molecule has 146 valence electrons. The van der Waals surface area contributed by atoms with E-state index in [9.17, 15) is 13.2 Å². The SMILES string of the molecule is Cc1c(Cl)cccc1S(=O)(=O)Nc1cccc(NC(=O)C(C)n2cccn2)c1. The molecule has 7 nitrogen and oxygen atoms in total. The maximum Gasteiger partial charge on any atom is 0.262 e. The summed E-state index contributed by atoms with van der Waals surface area (Å²) in [4.78, 5) is 12.5. The highest BCUT2D eigenvalue weighted by Gasteiger charge is 2.19. The van der Waals surface area contributed by atoms with Crippen LogP contribution in [0.3, 0.4) is 0 Å². The Morgan fingerprint density at radius 3 is 2.57 bits per heavy atom. The molecule has 0 saturated carbocycles. The lowest BCUT2D eigenvalue weighted by molar-refractivity contribution is -0.119. The second-order valence-electron chi connectivity index (χ2n) is 6.20. The van der Waals surface area contributed by atoms with E-state index >= 15 is 0 Å². The maximum absolute atomic E-state index is 12.7. The number of nitrogens with one attached hydrogen (secondary N) is 2. The first-order chi connectivity index (χ1) is 13.3. The van der Waals surface area contributed by atoms with Gasteiger partial charge in [0, 0.05) is 23.1 Å². The molecule has 0 aliphatic rings. The normalized spacial score (nSPS) is 12.4. The van der Waals surface area contributed by atoms with Crippen molar-refractivity contribution >= 4 is 38.9 Å². The average Bonchev–Trinajstić information content (AvgIpc) is 3.17. The Bertz CT molecular complexity index is 1100. The Labute approximate surface area is 168 Å². The highest BCUT2D eigenvalue weighted by Crippen LogP contribution is 2.25. The smallest absolute Gasteiger partial charge is 0.262 e. The van der Waals surface area contributed by atoms with Gasteiger partial charge in [0.1, 0.15) is 6.04 Å². The Morgan fingerprint density at radius 2 is 1.86 bits per heavy atom. The molecule has 1 unspecified atom stereocenters. The molecule has 0 aliphatic heterocycles. The topological polar surface area (TPSA) is 93.1 Å². The molecule has 0 radical (unpaired) electrons. The van der Waals surface area contributed by atoms with Crippen LogP contribution in [-0.2, 0) is 14.8 Å². The zero-order chi connectivity index (χ0) is 20.3. The van der Waals surface area contributed by atoms with Crippen LogP contribution in [0.1, 0.15) is 18.5 Å². The number of carbonyl (C=O) groups is 1. The van der Waals surface area contributed by atoms with E-state index in [2.05, 4.69) is 15.1 Å². The van der Waals surface area contributed by atoms with Crippen molar-refractivity contribution in [2.24, 2.45) is 0 Å². The first kappa shape index (κ1) is 19.9. The number of carbonyl (C=O) groups excluding carboxylic acids is 1. The molecule has 2 N–H and O–H groups in total. The van der Waals surface area contributed by atoms with Crippen molar-refractivity contribution in [3.05, 3.63) is 71.5 Å². The molecule has 1 aromatic heterocycles. The minimum Gasteiger partial charge on any atom is -0.324 e. The van der Waals surface area contributed by atoms with Gasteiger partial charge in [0.05, 0.1) is 10.6 Å². The van der Waals surface area contributed by atoms with Crippen molar-refractivity contribution < 1.29 is 13.2 Å². The van der Waals surface area contributed by atoms with Crippen LogP contribution in [0, 0.1) is 6.92 Å². The number of benzene rings is 2. The van der Waals surface area contributed by atoms with Gasteiger partial charge >= 0.3 is 0 Å². The van der Waals surface area contributed by atoms with Gasteiger partial charge in [-0.3, -0.25) is 14.2 Å². The zero-order valence-electron chi connectivity index (χ0n) is 15.3. The third-order valence-electron chi connectivity index (χ3n) is 4.19. The summed E-state index contributed by atoms with van der Waals surface area (Å²) in [6.45, 7) is 3.36. The van der Waals surface area contributed by atoms with Crippen molar-refractivity contribution in [1.82, 2.24) is 9.78 Å². The maximum atomic E-state index is 12.7. The summed E-state index contributed by atoms with van der Waals surface area (Å²) in [6, 6.07) is 12.4. The summed E-state index contributed by atoms with van der Waals surface area (Å²) >= 11 is 6.03. The fourth-order valence-electron chi connectivity index (χ4n) is 2.63. The van der Waals surface area contributed by atoms with Gasteiger partial charge in [-0.05, 0) is 55.8 Å². The summed E-state index contributed by atoms with van der Waals surface area (Å²) in [5.41, 5.74) is 1.25. The lowest BCUT2D eigenvalue weighted by atomic mass is 10.2. The van der Waals surface area contributed by atoms with Gasteiger partial charge in [-0.15, -0.1) is 0 Å². The lowest BCUT2D eigenvalue weighted by Crippen LogP contribution is -2.24. The average molecular weight is 419 g/mol. The van der Waals surface area contributed by atoms with Gasteiger partial charge < -0.3 is 5.32 Å². The molecular weight excluding hydrogens is 400 g/mol. The van der Waals surface area contributed by atoms with Crippen LogP contribution in [0.2, 0.25) is 5.02 Å². The predicted molar refractivity (Wildman–Crippen MR) is 109 cm³/mol. The van der Waals surface area contributed by atoms with Crippen LogP contribution in [0.5, 0.6) is 0 Å². The third-order valence-corrected chi connectivity index (χ3v) is 6.13. The van der Waals surface area contributed by atoms with E-state index in [1.165, 1.54) is 10.7 Å². The van der Waals surface area contributed by atoms with Gasteiger partial charge in [0.2, 0.25) is 5.91 Å². The fourth-order valence-corrected chi connectivity index (χ4v) is 4.17. The van der Waals surface area contributed by atoms with Gasteiger partial charge in [-0.2, -0.15) is 5.10 Å². The Balaban J connectivity index is 1.78. The third kappa shape index (κ3) is 4.35. The molecule has 0 saturated heterocycles. The van der Waals surface area contributed by atoms with Crippen LogP contribution in [-0.4, -0.2) is 24.1 Å². The fraction of sp³-hybridized carbons (Fsp3) is 0.158. The first-order valence-electron chi connectivity index (χ1n) is 8.46. The van der Waals surface area contributed by atoms with E-state index in [-0.39, 0.29) is 10.8 Å². The number of sulfonamides is 1. The summed E-state index contributed by atoms with van der Waals surface area (Å²) in [5, 5.41) is 7.18. The van der Waals surface area contributed by atoms with Gasteiger partial charge in [-0.1, -0.05) is 23.7 Å². The van der Waals surface area contributed by atoms with Crippen molar-refractivity contribution in [3.63, 3.8) is 0 Å². The molecule has 1 amide bonds. The minimum absolute atomic E-state index is 0.0988. The molecule has 0 aliphatic carbocycles. The first-order valence-corrected chi connectivity index (χ1v) is 10.3. The van der Waals surface area contributed by atoms with Gasteiger partial charge in [0.25, 0.3) is 10.0 Å². The Morgan fingerprint density at radius 1 is 1.14 bits per heavy atom. The molecule has 3 rings (SSSR count). The molecule has 28 heavy (non-hydrogen) atoms. The van der Waals surface area contributed by atoms with Crippen molar-refractivity contribution in [2.75, 3.05) is 10.0 Å².